The van der Waals surface area contributed by atoms with Gasteiger partial charge in [0.15, 0.2) is 5.72 Å². The smallest absolute Gasteiger partial charge is 0.257 e. The van der Waals surface area contributed by atoms with E-state index in [1.165, 1.54) is 0 Å². The van der Waals surface area contributed by atoms with Crippen molar-refractivity contribution in [2.24, 2.45) is 0 Å². The minimum Gasteiger partial charge on any atom is -0.367 e. The van der Waals surface area contributed by atoms with Gasteiger partial charge in [0.25, 0.3) is 5.91 Å². The normalized spacial score (nSPS) is 26.6. The molecule has 3 nitrogen and oxygen atoms in total. The summed E-state index contributed by atoms with van der Waals surface area (Å²) in [5.74, 6) is 0.00621. The number of hydrogen-bond donors (Lipinski definition) is 1. The van der Waals surface area contributed by atoms with Gasteiger partial charge in [-0.2, -0.15) is 0 Å². The molecule has 0 radical (unpaired) electrons. The average molecular weight is 245 g/mol. The number of nitrogens with zero attached hydrogens (tertiary/aromatic N) is 1. The van der Waals surface area contributed by atoms with Gasteiger partial charge in [0, 0.05) is 17.2 Å². The molecule has 1 atom stereocenters. The van der Waals surface area contributed by atoms with Crippen LogP contribution in [0, 0.1) is 0 Å². The monoisotopic (exact) mass is 245 g/mol. The van der Waals surface area contributed by atoms with Gasteiger partial charge in [0.1, 0.15) is 0 Å². The minimum atomic E-state index is -1.06. The summed E-state index contributed by atoms with van der Waals surface area (Å²) in [6.07, 6.45) is 4.64. The van der Waals surface area contributed by atoms with Crippen LogP contribution in [0.4, 0.5) is 0 Å². The predicted octanol–water partition coefficient (Wildman–Crippen LogP) is 2.64. The van der Waals surface area contributed by atoms with E-state index in [1.54, 1.807) is 4.90 Å². The molecule has 1 aliphatic heterocycles. The molecule has 0 bridgehead atoms. The molecule has 1 aromatic carbocycles. The summed E-state index contributed by atoms with van der Waals surface area (Å²) in [6, 6.07) is 7.74. The van der Waals surface area contributed by atoms with Crippen molar-refractivity contribution in [3.63, 3.8) is 0 Å². The standard InChI is InChI=1S/C15H19NO2/c1-2-3-10-15(18)13-7-5-4-6-12(13)14(17)16(15)11-8-9-11/h4-7,11,18H,2-3,8-10H2,1H3. The predicted molar refractivity (Wildman–Crippen MR) is 69.1 cm³/mol. The van der Waals surface area contributed by atoms with Gasteiger partial charge in [-0.3, -0.25) is 4.79 Å². The quantitative estimate of drug-likeness (QED) is 0.886. The molecule has 3 heteroatoms. The third kappa shape index (κ3) is 1.57. The lowest BCUT2D eigenvalue weighted by Gasteiger charge is -2.34. The second-order valence-corrected chi connectivity index (χ2v) is 5.37. The van der Waals surface area contributed by atoms with Crippen molar-refractivity contribution in [2.45, 2.75) is 50.8 Å². The fraction of sp³-hybridized carbons (Fsp3) is 0.533. The Hall–Kier alpha value is -1.35. The van der Waals surface area contributed by atoms with Crippen LogP contribution < -0.4 is 0 Å². The molecule has 0 saturated heterocycles. The van der Waals surface area contributed by atoms with Crippen LogP contribution in [0.1, 0.15) is 54.9 Å². The van der Waals surface area contributed by atoms with Crippen molar-refractivity contribution in [1.82, 2.24) is 4.90 Å². The first kappa shape index (κ1) is 11.7. The van der Waals surface area contributed by atoms with E-state index in [4.69, 9.17) is 0 Å². The molecule has 2 aliphatic rings. The summed E-state index contributed by atoms with van der Waals surface area (Å²) in [7, 11) is 0. The molecular formula is C15H19NO2. The molecule has 96 valence electrons. The zero-order chi connectivity index (χ0) is 12.8. The molecule has 3 rings (SSSR count). The first-order valence-corrected chi connectivity index (χ1v) is 6.84. The first-order chi connectivity index (χ1) is 8.68. The number of aliphatic hydroxyl groups is 1. The average Bonchev–Trinajstić information content (AvgIpc) is 3.18. The summed E-state index contributed by atoms with van der Waals surface area (Å²) < 4.78 is 0. The summed E-state index contributed by atoms with van der Waals surface area (Å²) in [5, 5.41) is 11.0. The Balaban J connectivity index is 2.04. The highest BCUT2D eigenvalue weighted by Gasteiger charge is 2.53. The molecule has 18 heavy (non-hydrogen) atoms. The van der Waals surface area contributed by atoms with E-state index in [0.717, 1.165) is 31.2 Å². The number of amides is 1. The van der Waals surface area contributed by atoms with E-state index >= 15 is 0 Å². The summed E-state index contributed by atoms with van der Waals surface area (Å²) in [5.41, 5.74) is 0.420. The molecule has 0 aromatic heterocycles. The van der Waals surface area contributed by atoms with E-state index in [2.05, 4.69) is 6.92 Å². The maximum absolute atomic E-state index is 12.4. The SMILES string of the molecule is CCCCC1(O)c2ccccc2C(=O)N1C1CC1. The highest BCUT2D eigenvalue weighted by molar-refractivity contribution is 6.00. The molecule has 1 amide bonds. The van der Waals surface area contributed by atoms with Crippen LogP contribution >= 0.6 is 0 Å². The Kier molecular flexibility index (Phi) is 2.67. The summed E-state index contributed by atoms with van der Waals surface area (Å²) in [4.78, 5) is 14.2. The fourth-order valence-corrected chi connectivity index (χ4v) is 2.93. The number of hydrogen-bond acceptors (Lipinski definition) is 2. The molecule has 1 fully saturated rings. The molecule has 1 aliphatic carbocycles. The molecule has 1 unspecified atom stereocenters. The molecule has 1 saturated carbocycles. The van der Waals surface area contributed by atoms with Crippen LogP contribution in [0.25, 0.3) is 0 Å². The van der Waals surface area contributed by atoms with Crippen LogP contribution in [-0.4, -0.2) is 22.0 Å². The molecule has 1 heterocycles. The van der Waals surface area contributed by atoms with Crippen molar-refractivity contribution in [2.75, 3.05) is 0 Å². The van der Waals surface area contributed by atoms with Crippen molar-refractivity contribution in [1.29, 1.82) is 0 Å². The van der Waals surface area contributed by atoms with Crippen LogP contribution in [0.2, 0.25) is 0 Å². The highest BCUT2D eigenvalue weighted by Crippen LogP contribution is 2.46. The molecular weight excluding hydrogens is 226 g/mol. The maximum Gasteiger partial charge on any atom is 0.257 e. The van der Waals surface area contributed by atoms with Gasteiger partial charge in [-0.1, -0.05) is 31.5 Å². The maximum atomic E-state index is 12.4. The minimum absolute atomic E-state index is 0.00621. The molecule has 0 spiro atoms. The Morgan fingerprint density at radius 3 is 2.78 bits per heavy atom. The number of rotatable bonds is 4. The van der Waals surface area contributed by atoms with Gasteiger partial charge >= 0.3 is 0 Å². The Bertz CT molecular complexity index is 481. The van der Waals surface area contributed by atoms with Crippen LogP contribution in [-0.2, 0) is 5.72 Å². The Morgan fingerprint density at radius 1 is 1.39 bits per heavy atom. The Labute approximate surface area is 107 Å². The van der Waals surface area contributed by atoms with E-state index in [0.29, 0.717) is 12.0 Å². The number of fused-ring (bicyclic) bond motifs is 1. The fourth-order valence-electron chi connectivity index (χ4n) is 2.93. The summed E-state index contributed by atoms with van der Waals surface area (Å²) in [6.45, 7) is 2.10. The van der Waals surface area contributed by atoms with Gasteiger partial charge < -0.3 is 10.0 Å². The van der Waals surface area contributed by atoms with Crippen LogP contribution in [0.15, 0.2) is 24.3 Å². The lowest BCUT2D eigenvalue weighted by molar-refractivity contribution is -0.0954. The van der Waals surface area contributed by atoms with Gasteiger partial charge in [-0.05, 0) is 31.7 Å². The topological polar surface area (TPSA) is 40.5 Å². The number of unbranched alkanes of at least 4 members (excludes halogenated alkanes) is 1. The number of benzene rings is 1. The lowest BCUT2D eigenvalue weighted by Crippen LogP contribution is -2.45. The van der Waals surface area contributed by atoms with E-state index in [-0.39, 0.29) is 11.9 Å². The van der Waals surface area contributed by atoms with Gasteiger partial charge in [-0.15, -0.1) is 0 Å². The molecule has 1 N–H and O–H groups in total. The Morgan fingerprint density at radius 2 is 2.11 bits per heavy atom. The van der Waals surface area contributed by atoms with Crippen LogP contribution in [0.3, 0.4) is 0 Å². The largest absolute Gasteiger partial charge is 0.367 e. The molecule has 1 aromatic rings. The van der Waals surface area contributed by atoms with E-state index in [9.17, 15) is 9.90 Å². The zero-order valence-electron chi connectivity index (χ0n) is 10.7. The van der Waals surface area contributed by atoms with Crippen molar-refractivity contribution in [3.8, 4) is 0 Å². The number of carbonyl (C=O) groups is 1. The lowest BCUT2D eigenvalue weighted by atomic mass is 9.96. The summed E-state index contributed by atoms with van der Waals surface area (Å²) >= 11 is 0. The first-order valence-electron chi connectivity index (χ1n) is 6.84. The number of carbonyl (C=O) groups excluding carboxylic acids is 1. The second kappa shape index (κ2) is 4.09. The van der Waals surface area contributed by atoms with E-state index in [1.807, 2.05) is 24.3 Å². The van der Waals surface area contributed by atoms with Crippen molar-refractivity contribution in [3.05, 3.63) is 35.4 Å². The third-order valence-corrected chi connectivity index (χ3v) is 4.00. The van der Waals surface area contributed by atoms with Crippen LogP contribution in [0.5, 0.6) is 0 Å². The van der Waals surface area contributed by atoms with Crippen molar-refractivity contribution < 1.29 is 9.90 Å². The van der Waals surface area contributed by atoms with Gasteiger partial charge in [-0.25, -0.2) is 0 Å². The highest BCUT2D eigenvalue weighted by atomic mass is 16.3. The zero-order valence-corrected chi connectivity index (χ0v) is 10.7. The second-order valence-electron chi connectivity index (χ2n) is 5.37. The van der Waals surface area contributed by atoms with Gasteiger partial charge in [0.05, 0.1) is 0 Å². The van der Waals surface area contributed by atoms with E-state index < -0.39 is 5.72 Å². The third-order valence-electron chi connectivity index (χ3n) is 4.00. The van der Waals surface area contributed by atoms with Gasteiger partial charge in [0.2, 0.25) is 0 Å². The van der Waals surface area contributed by atoms with Crippen molar-refractivity contribution >= 4 is 5.91 Å².